The summed E-state index contributed by atoms with van der Waals surface area (Å²) in [7, 11) is 1.54. The van der Waals surface area contributed by atoms with Gasteiger partial charge in [0, 0.05) is 29.2 Å². The molecule has 2 fully saturated rings. The third-order valence-electron chi connectivity index (χ3n) is 7.30. The molecule has 4 N–H and O–H groups in total. The van der Waals surface area contributed by atoms with Crippen molar-refractivity contribution in [3.05, 3.63) is 63.4 Å². The van der Waals surface area contributed by atoms with E-state index in [0.717, 1.165) is 5.56 Å². The smallest absolute Gasteiger partial charge is 0.237 e. The van der Waals surface area contributed by atoms with Crippen molar-refractivity contribution in [3.8, 4) is 0 Å². The lowest BCUT2D eigenvalue weighted by molar-refractivity contribution is -0.124. The van der Waals surface area contributed by atoms with Gasteiger partial charge in [-0.1, -0.05) is 41.4 Å². The van der Waals surface area contributed by atoms with E-state index in [0.29, 0.717) is 36.6 Å². The lowest BCUT2D eigenvalue weighted by Crippen LogP contribution is -2.63. The Hall–Kier alpha value is -2.19. The van der Waals surface area contributed by atoms with Crippen molar-refractivity contribution >= 4 is 40.7 Å². The minimum Gasteiger partial charge on any atom is -0.358 e. The van der Waals surface area contributed by atoms with E-state index in [1.165, 1.54) is 13.1 Å². The highest BCUT2D eigenvalue weighted by molar-refractivity contribution is 6.31. The van der Waals surface area contributed by atoms with E-state index in [-0.39, 0.29) is 22.4 Å². The monoisotopic (exact) mass is 476 g/mol. The number of piperidine rings is 1. The molecule has 0 radical (unpaired) electrons. The lowest BCUT2D eigenvalue weighted by Gasteiger charge is -2.47. The first kappa shape index (κ1) is 21.6. The molecule has 0 unspecified atom stereocenters. The summed E-state index contributed by atoms with van der Waals surface area (Å²) in [5, 5.41) is 13.0. The van der Waals surface area contributed by atoms with Crippen LogP contribution in [0.4, 0.5) is 10.1 Å². The Kier molecular flexibility index (Phi) is 5.21. The molecule has 6 nitrogen and oxygen atoms in total. The average Bonchev–Trinajstić information content (AvgIpc) is 3.23. The van der Waals surface area contributed by atoms with Crippen LogP contribution in [0.3, 0.4) is 0 Å². The third-order valence-corrected chi connectivity index (χ3v) is 7.83. The zero-order valence-corrected chi connectivity index (χ0v) is 18.9. The molecule has 3 aliphatic rings. The van der Waals surface area contributed by atoms with Crippen LogP contribution in [0.25, 0.3) is 0 Å². The fourth-order valence-corrected chi connectivity index (χ4v) is 6.43. The van der Waals surface area contributed by atoms with Gasteiger partial charge in [-0.25, -0.2) is 4.39 Å². The quantitative estimate of drug-likeness (QED) is 0.536. The largest absolute Gasteiger partial charge is 0.358 e. The van der Waals surface area contributed by atoms with Crippen molar-refractivity contribution in [2.45, 2.75) is 35.8 Å². The van der Waals surface area contributed by atoms with Gasteiger partial charge in [0.25, 0.3) is 0 Å². The fraction of sp³-hybridized carbons (Fsp3) is 0.391. The molecule has 0 aromatic heterocycles. The number of benzene rings is 2. The van der Waals surface area contributed by atoms with Crippen LogP contribution in [0.5, 0.6) is 0 Å². The van der Waals surface area contributed by atoms with Crippen LogP contribution in [0.15, 0.2) is 36.4 Å². The second kappa shape index (κ2) is 7.70. The third kappa shape index (κ3) is 2.78. The van der Waals surface area contributed by atoms with Crippen molar-refractivity contribution in [2.75, 3.05) is 25.5 Å². The number of hydrogen-bond acceptors (Lipinski definition) is 4. The molecule has 32 heavy (non-hydrogen) atoms. The molecule has 2 aromatic carbocycles. The maximum absolute atomic E-state index is 15.5. The zero-order chi connectivity index (χ0) is 22.7. The Morgan fingerprint density at radius 1 is 1.19 bits per heavy atom. The first-order valence-electron chi connectivity index (χ1n) is 10.6. The summed E-state index contributed by atoms with van der Waals surface area (Å²) in [6, 6.07) is 9.16. The number of rotatable bonds is 2. The number of hydrogen-bond donors (Lipinski definition) is 4. The number of amides is 2. The van der Waals surface area contributed by atoms with Crippen molar-refractivity contribution < 1.29 is 14.0 Å². The standard InChI is InChI=1S/C23H23Cl2FN4O2/c1-27-20(31)19-17(13-3-2-4-15(25)18(13)26)23(22(30-19)7-9-28-10-8-22)14-6-5-12(24)11-16(14)29-21(23)32/h2-6,11,17,19,28,30H,7-10H2,1H3,(H,27,31)(H,29,32)/t17-,19+,23-/m0/s1. The van der Waals surface area contributed by atoms with Crippen LogP contribution in [0, 0.1) is 5.82 Å². The summed E-state index contributed by atoms with van der Waals surface area (Å²) in [6.07, 6.45) is 1.18. The summed E-state index contributed by atoms with van der Waals surface area (Å²) in [4.78, 5) is 27.1. The van der Waals surface area contributed by atoms with E-state index in [4.69, 9.17) is 23.2 Å². The summed E-state index contributed by atoms with van der Waals surface area (Å²) >= 11 is 12.4. The second-order valence-electron chi connectivity index (χ2n) is 8.64. The Bertz CT molecular complexity index is 1120. The molecule has 3 aliphatic heterocycles. The van der Waals surface area contributed by atoms with Gasteiger partial charge in [-0.2, -0.15) is 0 Å². The first-order valence-corrected chi connectivity index (χ1v) is 11.4. The Balaban J connectivity index is 1.85. The molecular formula is C23H23Cl2FN4O2. The van der Waals surface area contributed by atoms with E-state index >= 15 is 4.39 Å². The summed E-state index contributed by atoms with van der Waals surface area (Å²) < 4.78 is 15.5. The van der Waals surface area contributed by atoms with Gasteiger partial charge < -0.3 is 16.0 Å². The highest BCUT2D eigenvalue weighted by Crippen LogP contribution is 2.61. The van der Waals surface area contributed by atoms with Crippen LogP contribution in [-0.4, -0.2) is 43.5 Å². The van der Waals surface area contributed by atoms with Gasteiger partial charge in [0.2, 0.25) is 11.8 Å². The number of anilines is 1. The summed E-state index contributed by atoms with van der Waals surface area (Å²) in [6.45, 7) is 1.33. The lowest BCUT2D eigenvalue weighted by atomic mass is 9.56. The van der Waals surface area contributed by atoms with Gasteiger partial charge in [0.15, 0.2) is 0 Å². The highest BCUT2D eigenvalue weighted by atomic mass is 35.5. The van der Waals surface area contributed by atoms with Gasteiger partial charge in [-0.3, -0.25) is 14.9 Å². The number of carbonyl (C=O) groups excluding carboxylic acids is 2. The number of nitrogens with one attached hydrogen (secondary N) is 4. The van der Waals surface area contributed by atoms with Gasteiger partial charge in [-0.15, -0.1) is 0 Å². The zero-order valence-electron chi connectivity index (χ0n) is 17.4. The predicted molar refractivity (Wildman–Crippen MR) is 122 cm³/mol. The normalized spacial score (nSPS) is 28.1. The molecular weight excluding hydrogens is 454 g/mol. The Labute approximate surface area is 195 Å². The SMILES string of the molecule is CNC(=O)[C@@H]1NC2(CCNCC2)[C@]2(C(=O)Nc3cc(Cl)ccc32)[C@H]1c1cccc(Cl)c1F. The van der Waals surface area contributed by atoms with E-state index in [1.807, 2.05) is 6.07 Å². The molecule has 3 heterocycles. The van der Waals surface area contributed by atoms with E-state index in [2.05, 4.69) is 21.3 Å². The molecule has 2 aromatic rings. The van der Waals surface area contributed by atoms with Crippen LogP contribution in [0.1, 0.15) is 29.9 Å². The van der Waals surface area contributed by atoms with Crippen molar-refractivity contribution in [2.24, 2.45) is 0 Å². The predicted octanol–water partition coefficient (Wildman–Crippen LogP) is 2.95. The number of likely N-dealkylation sites (N-methyl/N-ethyl adjacent to an activating group) is 1. The maximum atomic E-state index is 15.5. The minimum atomic E-state index is -1.22. The molecule has 2 saturated heterocycles. The molecule has 2 amide bonds. The Morgan fingerprint density at radius 2 is 1.94 bits per heavy atom. The molecule has 5 rings (SSSR count). The van der Waals surface area contributed by atoms with Gasteiger partial charge in [-0.05, 0) is 55.3 Å². The number of halogens is 3. The average molecular weight is 477 g/mol. The van der Waals surface area contributed by atoms with Gasteiger partial charge in [0.1, 0.15) is 11.2 Å². The van der Waals surface area contributed by atoms with Crippen LogP contribution in [-0.2, 0) is 15.0 Å². The summed E-state index contributed by atoms with van der Waals surface area (Å²) in [5.41, 5.74) is -0.438. The molecule has 0 aliphatic carbocycles. The van der Waals surface area contributed by atoms with Crippen molar-refractivity contribution in [3.63, 3.8) is 0 Å². The molecule has 0 bridgehead atoms. The topological polar surface area (TPSA) is 82.3 Å². The van der Waals surface area contributed by atoms with Crippen molar-refractivity contribution in [1.82, 2.24) is 16.0 Å². The number of fused-ring (bicyclic) bond motifs is 3. The summed E-state index contributed by atoms with van der Waals surface area (Å²) in [5.74, 6) is -2.00. The molecule has 9 heteroatoms. The number of carbonyl (C=O) groups is 2. The first-order chi connectivity index (χ1) is 15.4. The molecule has 3 atom stereocenters. The van der Waals surface area contributed by atoms with E-state index < -0.39 is 28.7 Å². The highest BCUT2D eigenvalue weighted by Gasteiger charge is 2.72. The van der Waals surface area contributed by atoms with E-state index in [9.17, 15) is 9.59 Å². The fourth-order valence-electron chi connectivity index (χ4n) is 6.07. The van der Waals surface area contributed by atoms with E-state index in [1.54, 1.807) is 24.3 Å². The minimum absolute atomic E-state index is 0.0469. The van der Waals surface area contributed by atoms with Crippen LogP contribution >= 0.6 is 23.2 Å². The van der Waals surface area contributed by atoms with Crippen molar-refractivity contribution in [1.29, 1.82) is 0 Å². The van der Waals surface area contributed by atoms with Gasteiger partial charge >= 0.3 is 0 Å². The maximum Gasteiger partial charge on any atom is 0.237 e. The second-order valence-corrected chi connectivity index (χ2v) is 9.48. The van der Waals surface area contributed by atoms with Crippen LogP contribution in [0.2, 0.25) is 10.0 Å². The molecule has 2 spiro atoms. The molecule has 0 saturated carbocycles. The molecule has 168 valence electrons. The van der Waals surface area contributed by atoms with Crippen LogP contribution < -0.4 is 21.3 Å². The Morgan fingerprint density at radius 3 is 2.66 bits per heavy atom. The van der Waals surface area contributed by atoms with Gasteiger partial charge in [0.05, 0.1) is 11.1 Å².